The molecule has 140 valence electrons. The molecule has 0 aromatic heterocycles. The summed E-state index contributed by atoms with van der Waals surface area (Å²) in [7, 11) is 0. The Bertz CT molecular complexity index is 586. The number of fused-ring (bicyclic) bond motifs is 3. The first kappa shape index (κ1) is 18.2. The smallest absolute Gasteiger partial charge is 0.347 e. The fraction of sp³-hybridized carbons (Fsp3) is 0.812. The van der Waals surface area contributed by atoms with Crippen molar-refractivity contribution in [1.82, 2.24) is 0 Å². The molecule has 3 saturated heterocycles. The van der Waals surface area contributed by atoms with Gasteiger partial charge in [-0.25, -0.2) is 4.79 Å². The van der Waals surface area contributed by atoms with Gasteiger partial charge in [0, 0.05) is 0 Å². The van der Waals surface area contributed by atoms with Crippen LogP contribution in [-0.2, 0) is 42.8 Å². The number of ether oxygens (including phenoxy) is 6. The fourth-order valence-corrected chi connectivity index (χ4v) is 3.35. The summed E-state index contributed by atoms with van der Waals surface area (Å²) in [5.41, 5.74) is -2.08. The predicted molar refractivity (Wildman–Crippen MR) is 79.2 cm³/mol. The van der Waals surface area contributed by atoms with Crippen molar-refractivity contribution >= 4 is 17.7 Å². The third kappa shape index (κ3) is 2.95. The van der Waals surface area contributed by atoms with E-state index in [1.165, 1.54) is 0 Å². The van der Waals surface area contributed by atoms with E-state index in [1.807, 2.05) is 0 Å². The maximum atomic E-state index is 12.9. The molecule has 0 aromatic carbocycles. The van der Waals surface area contributed by atoms with Crippen LogP contribution in [0.4, 0.5) is 0 Å². The van der Waals surface area contributed by atoms with Crippen LogP contribution < -0.4 is 0 Å². The van der Waals surface area contributed by atoms with Gasteiger partial charge in [0.1, 0.15) is 12.2 Å². The number of hydrogen-bond donors (Lipinski definition) is 0. The molecule has 0 aliphatic carbocycles. The molecule has 0 radical (unpaired) electrons. The average molecular weight is 358 g/mol. The molecular formula is C16H22O9. The summed E-state index contributed by atoms with van der Waals surface area (Å²) in [6.07, 6.45) is -3.95. The van der Waals surface area contributed by atoms with E-state index >= 15 is 0 Å². The molecule has 0 N–H and O–H groups in total. The number of carbonyl (C=O) groups excluding carboxylic acids is 3. The van der Waals surface area contributed by atoms with Crippen molar-refractivity contribution in [2.24, 2.45) is 0 Å². The van der Waals surface area contributed by atoms with Gasteiger partial charge in [-0.2, -0.15) is 0 Å². The minimum atomic E-state index is -2.08. The molecule has 5 atom stereocenters. The standard InChI is InChI=1S/C16H22O9/c1-5-20-8(17)7-16(14(19)21-6-2)12(18)10-9(24-16)11-13(22-10)25-15(3,4)23-11/h9-11,13H,5-7H2,1-4H3/t9-,10-,11-,13-,16+/m1/s1. The minimum Gasteiger partial charge on any atom is -0.466 e. The molecule has 0 aromatic rings. The van der Waals surface area contributed by atoms with E-state index in [-0.39, 0.29) is 13.2 Å². The molecule has 3 aliphatic rings. The Morgan fingerprint density at radius 3 is 2.36 bits per heavy atom. The number of rotatable bonds is 5. The zero-order chi connectivity index (χ0) is 18.4. The zero-order valence-electron chi connectivity index (χ0n) is 14.6. The van der Waals surface area contributed by atoms with E-state index in [2.05, 4.69) is 0 Å². The van der Waals surface area contributed by atoms with Crippen LogP contribution in [0.15, 0.2) is 0 Å². The fourth-order valence-electron chi connectivity index (χ4n) is 3.35. The van der Waals surface area contributed by atoms with Gasteiger partial charge >= 0.3 is 11.9 Å². The predicted octanol–water partition coefficient (Wildman–Crippen LogP) is 0.0858. The van der Waals surface area contributed by atoms with Crippen molar-refractivity contribution in [2.75, 3.05) is 13.2 Å². The van der Waals surface area contributed by atoms with Crippen molar-refractivity contribution in [3.05, 3.63) is 0 Å². The van der Waals surface area contributed by atoms with E-state index in [0.29, 0.717) is 0 Å². The lowest BCUT2D eigenvalue weighted by molar-refractivity contribution is -0.210. The summed E-state index contributed by atoms with van der Waals surface area (Å²) in [5.74, 6) is -3.24. The molecule has 9 nitrogen and oxygen atoms in total. The first-order valence-electron chi connectivity index (χ1n) is 8.30. The quantitative estimate of drug-likeness (QED) is 0.499. The molecule has 0 saturated carbocycles. The van der Waals surface area contributed by atoms with E-state index in [4.69, 9.17) is 28.4 Å². The van der Waals surface area contributed by atoms with Gasteiger partial charge in [-0.05, 0) is 27.7 Å². The summed E-state index contributed by atoms with van der Waals surface area (Å²) in [6, 6.07) is 0. The first-order valence-corrected chi connectivity index (χ1v) is 8.30. The average Bonchev–Trinajstić information content (AvgIpc) is 3.07. The van der Waals surface area contributed by atoms with Crippen LogP contribution in [0.2, 0.25) is 0 Å². The molecule has 3 rings (SSSR count). The van der Waals surface area contributed by atoms with Gasteiger partial charge < -0.3 is 28.4 Å². The lowest BCUT2D eigenvalue weighted by atomic mass is 9.92. The largest absolute Gasteiger partial charge is 0.466 e. The van der Waals surface area contributed by atoms with Gasteiger partial charge in [-0.3, -0.25) is 9.59 Å². The Kier molecular flexibility index (Phi) is 4.61. The molecule has 0 spiro atoms. The summed E-state index contributed by atoms with van der Waals surface area (Å²) in [5, 5.41) is 0. The third-order valence-corrected chi connectivity index (χ3v) is 4.29. The highest BCUT2D eigenvalue weighted by Gasteiger charge is 2.70. The van der Waals surface area contributed by atoms with Crippen LogP contribution in [0.1, 0.15) is 34.1 Å². The Morgan fingerprint density at radius 1 is 1.04 bits per heavy atom. The van der Waals surface area contributed by atoms with Gasteiger partial charge in [0.05, 0.1) is 19.6 Å². The lowest BCUT2D eigenvalue weighted by Gasteiger charge is -2.26. The Morgan fingerprint density at radius 2 is 1.72 bits per heavy atom. The molecule has 0 bridgehead atoms. The van der Waals surface area contributed by atoms with Crippen LogP contribution in [0.5, 0.6) is 0 Å². The monoisotopic (exact) mass is 358 g/mol. The van der Waals surface area contributed by atoms with E-state index in [0.717, 1.165) is 0 Å². The van der Waals surface area contributed by atoms with Crippen LogP contribution in [-0.4, -0.2) is 66.9 Å². The molecule has 3 fully saturated rings. The highest BCUT2D eigenvalue weighted by Crippen LogP contribution is 2.46. The molecule has 25 heavy (non-hydrogen) atoms. The van der Waals surface area contributed by atoms with Crippen molar-refractivity contribution in [2.45, 2.75) is 70.1 Å². The maximum absolute atomic E-state index is 12.9. The maximum Gasteiger partial charge on any atom is 0.347 e. The van der Waals surface area contributed by atoms with E-state index < -0.39 is 60.1 Å². The van der Waals surface area contributed by atoms with E-state index in [9.17, 15) is 14.4 Å². The van der Waals surface area contributed by atoms with Crippen molar-refractivity contribution in [3.63, 3.8) is 0 Å². The lowest BCUT2D eigenvalue weighted by Crippen LogP contribution is -2.50. The summed E-state index contributed by atoms with van der Waals surface area (Å²) < 4.78 is 32.5. The van der Waals surface area contributed by atoms with Gasteiger partial charge in [0.15, 0.2) is 18.2 Å². The molecule has 0 amide bonds. The molecule has 9 heteroatoms. The van der Waals surface area contributed by atoms with Crippen molar-refractivity contribution < 1.29 is 42.8 Å². The molecular weight excluding hydrogens is 336 g/mol. The first-order chi connectivity index (χ1) is 11.7. The molecule has 3 aliphatic heterocycles. The Labute approximate surface area is 144 Å². The van der Waals surface area contributed by atoms with Crippen LogP contribution >= 0.6 is 0 Å². The van der Waals surface area contributed by atoms with Gasteiger partial charge in [0.2, 0.25) is 11.4 Å². The van der Waals surface area contributed by atoms with Crippen LogP contribution in [0, 0.1) is 0 Å². The zero-order valence-corrected chi connectivity index (χ0v) is 14.6. The SMILES string of the molecule is CCOC(=O)C[C@]1(C(=O)OCC)O[C@H]2[C@H]3OC(C)(C)O[C@H]3O[C@H]2C1=O. The topological polar surface area (TPSA) is 107 Å². The van der Waals surface area contributed by atoms with Gasteiger partial charge in [0.25, 0.3) is 0 Å². The van der Waals surface area contributed by atoms with Crippen LogP contribution in [0.25, 0.3) is 0 Å². The number of carbonyl (C=O) groups is 3. The van der Waals surface area contributed by atoms with Crippen molar-refractivity contribution in [3.8, 4) is 0 Å². The summed E-state index contributed by atoms with van der Waals surface area (Å²) in [4.78, 5) is 37.3. The summed E-state index contributed by atoms with van der Waals surface area (Å²) >= 11 is 0. The van der Waals surface area contributed by atoms with Crippen molar-refractivity contribution in [1.29, 1.82) is 0 Å². The molecule has 0 unspecified atom stereocenters. The number of Topliss-reactive ketones (excluding diaryl/α,β-unsaturated/α-hetero) is 1. The minimum absolute atomic E-state index is 0.0366. The van der Waals surface area contributed by atoms with Gasteiger partial charge in [-0.15, -0.1) is 0 Å². The van der Waals surface area contributed by atoms with Gasteiger partial charge in [-0.1, -0.05) is 0 Å². The number of esters is 2. The van der Waals surface area contributed by atoms with Crippen LogP contribution in [0.3, 0.4) is 0 Å². The molecule has 3 heterocycles. The Balaban J connectivity index is 1.86. The second kappa shape index (κ2) is 6.31. The Hall–Kier alpha value is -1.55. The highest BCUT2D eigenvalue weighted by molar-refractivity contribution is 6.13. The number of hydrogen-bond acceptors (Lipinski definition) is 9. The summed E-state index contributed by atoms with van der Waals surface area (Å²) in [6.45, 7) is 6.79. The third-order valence-electron chi connectivity index (χ3n) is 4.29. The number of ketones is 1. The normalized spacial score (nSPS) is 38.3. The highest BCUT2D eigenvalue weighted by atomic mass is 16.8. The van der Waals surface area contributed by atoms with E-state index in [1.54, 1.807) is 27.7 Å². The second-order valence-corrected chi connectivity index (χ2v) is 6.50. The second-order valence-electron chi connectivity index (χ2n) is 6.50.